The fourth-order valence-electron chi connectivity index (χ4n) is 2.78. The first-order chi connectivity index (χ1) is 11.6. The van der Waals surface area contributed by atoms with Gasteiger partial charge >= 0.3 is 18.9 Å². The molecule has 0 aromatic carbocycles. The van der Waals surface area contributed by atoms with Crippen LogP contribution in [-0.4, -0.2) is 49.7 Å². The summed E-state index contributed by atoms with van der Waals surface area (Å²) in [6.07, 6.45) is 20.4. The minimum absolute atomic E-state index is 0. The first kappa shape index (κ1) is 31.1. The largest absolute Gasteiger partial charge is 1.00 e. The molecule has 0 atom stereocenters. The van der Waals surface area contributed by atoms with Gasteiger partial charge in [-0.15, -0.1) is 0 Å². The molecule has 0 radical (unpaired) electrons. The van der Waals surface area contributed by atoms with E-state index in [-0.39, 0.29) is 18.9 Å². The van der Waals surface area contributed by atoms with Crippen LogP contribution < -0.4 is 18.9 Å². The molecule has 0 aliphatic rings. The van der Waals surface area contributed by atoms with Crippen LogP contribution in [0.3, 0.4) is 0 Å². The van der Waals surface area contributed by atoms with E-state index in [1.807, 2.05) is 0 Å². The van der Waals surface area contributed by atoms with Crippen molar-refractivity contribution in [2.75, 3.05) is 27.7 Å². The molecule has 26 heavy (non-hydrogen) atoms. The zero-order valence-corrected chi connectivity index (χ0v) is 18.9. The van der Waals surface area contributed by atoms with E-state index in [1.54, 1.807) is 0 Å². The predicted octanol–water partition coefficient (Wildman–Crippen LogP) is 1.84. The quantitative estimate of drug-likeness (QED) is 0.141. The van der Waals surface area contributed by atoms with Crippen LogP contribution >= 0.6 is 0 Å². The molecule has 0 aliphatic heterocycles. The van der Waals surface area contributed by atoms with Gasteiger partial charge < -0.3 is 13.6 Å². The molecule has 0 rings (SSSR count). The van der Waals surface area contributed by atoms with Crippen molar-refractivity contribution in [1.29, 1.82) is 0 Å². The third-order valence-electron chi connectivity index (χ3n) is 4.18. The van der Waals surface area contributed by atoms with Gasteiger partial charge in [0.25, 0.3) is 0 Å². The second-order valence-corrected chi connectivity index (χ2v) is 8.83. The molecule has 0 aliphatic carbocycles. The van der Waals surface area contributed by atoms with Crippen LogP contribution in [0.4, 0.5) is 0 Å². The molecular weight excluding hydrogens is 345 g/mol. The Hall–Kier alpha value is 0.427. The molecule has 0 spiro atoms. The van der Waals surface area contributed by atoms with Gasteiger partial charge in [0.15, 0.2) is 0 Å². The summed E-state index contributed by atoms with van der Waals surface area (Å²) in [5, 5.41) is 0. The third kappa shape index (κ3) is 44.1. The zero-order valence-electron chi connectivity index (χ0n) is 18.1. The first-order valence-electron chi connectivity index (χ1n) is 10.0. The topological polar surface area (TPSA) is 80.3 Å². The molecule has 0 aromatic rings. The Bertz CT molecular complexity index is 362. The Labute approximate surface area is 175 Å². The molecule has 0 saturated heterocycles. The Kier molecular flexibility index (Phi) is 24.2. The van der Waals surface area contributed by atoms with Crippen LogP contribution in [0.5, 0.6) is 0 Å². The molecule has 0 amide bonds. The van der Waals surface area contributed by atoms with Crippen LogP contribution in [0, 0.1) is 0 Å². The van der Waals surface area contributed by atoms with Gasteiger partial charge in [0, 0.05) is 10.4 Å². The zero-order chi connectivity index (χ0) is 19.6. The molecule has 5 nitrogen and oxygen atoms in total. The van der Waals surface area contributed by atoms with Crippen molar-refractivity contribution < 1.29 is 40.9 Å². The van der Waals surface area contributed by atoms with Gasteiger partial charge in [-0.2, -0.15) is 0 Å². The number of rotatable bonds is 15. The molecule has 0 saturated carbocycles. The second kappa shape index (κ2) is 20.2. The van der Waals surface area contributed by atoms with E-state index < -0.39 is 10.4 Å². The number of hydrogen-bond donors (Lipinski definition) is 0. The van der Waals surface area contributed by atoms with Crippen molar-refractivity contribution in [3.05, 3.63) is 0 Å². The Morgan fingerprint density at radius 2 is 0.846 bits per heavy atom. The molecule has 0 N–H and O–H groups in total. The molecule has 0 bridgehead atoms. The van der Waals surface area contributed by atoms with Crippen molar-refractivity contribution in [3.8, 4) is 0 Å². The molecule has 7 heteroatoms. The summed E-state index contributed by atoms with van der Waals surface area (Å²) in [6.45, 7) is 3.63. The van der Waals surface area contributed by atoms with Gasteiger partial charge in [0.05, 0.1) is 27.7 Å². The summed E-state index contributed by atoms with van der Waals surface area (Å²) in [4.78, 5) is 0. The Morgan fingerprint density at radius 3 is 1.08 bits per heavy atom. The minimum atomic E-state index is -5.17. The number of quaternary nitrogens is 1. The number of unbranched alkanes of at least 4 members (excludes halogenated alkanes) is 13. The summed E-state index contributed by atoms with van der Waals surface area (Å²) in [5.41, 5.74) is 0. The number of hydrogen-bond acceptors (Lipinski definition) is 4. The molecule has 154 valence electrons. The maximum Gasteiger partial charge on any atom is 1.00 e. The predicted molar refractivity (Wildman–Crippen MR) is 104 cm³/mol. The summed E-state index contributed by atoms with van der Waals surface area (Å²) < 4.78 is 35.2. The van der Waals surface area contributed by atoms with Crippen molar-refractivity contribution in [2.24, 2.45) is 0 Å². The minimum Gasteiger partial charge on any atom is -0.759 e. The Morgan fingerprint density at radius 1 is 0.615 bits per heavy atom. The van der Waals surface area contributed by atoms with Gasteiger partial charge in [0.2, 0.25) is 0 Å². The van der Waals surface area contributed by atoms with Crippen LogP contribution in [0.2, 0.25) is 0 Å². The van der Waals surface area contributed by atoms with Gasteiger partial charge in [0.1, 0.15) is 0 Å². The second-order valence-electron chi connectivity index (χ2n) is 8.02. The summed E-state index contributed by atoms with van der Waals surface area (Å²) >= 11 is 0. The van der Waals surface area contributed by atoms with E-state index in [2.05, 4.69) is 28.1 Å². The smallest absolute Gasteiger partial charge is 0.759 e. The SMILES string of the molecule is CCCCCCCCCCCCCCCC[N+](C)(C)C.O=S(=O)([O-])[O-].[Li+]. The standard InChI is InChI=1S/C19H42N.Li.H2O4S/c1-5-6-7-8-9-10-11-12-13-14-15-16-17-18-19-20(2,3)4;;1-5(2,3)4/h5-19H2,1-4H3;;(H2,1,2,3,4)/q2*+1;/p-2. The summed E-state index contributed by atoms with van der Waals surface area (Å²) in [7, 11) is 1.72. The van der Waals surface area contributed by atoms with Crippen LogP contribution in [0.15, 0.2) is 0 Å². The third-order valence-corrected chi connectivity index (χ3v) is 4.18. The van der Waals surface area contributed by atoms with Crippen molar-refractivity contribution in [1.82, 2.24) is 0 Å². The molecular formula is C19H42LiNO4S. The van der Waals surface area contributed by atoms with E-state index in [0.717, 1.165) is 4.48 Å². The fourth-order valence-corrected chi connectivity index (χ4v) is 2.78. The van der Waals surface area contributed by atoms with Gasteiger partial charge in [-0.3, -0.25) is 8.42 Å². The van der Waals surface area contributed by atoms with Crippen LogP contribution in [0.1, 0.15) is 96.8 Å². The molecule has 0 heterocycles. The molecule has 0 aromatic heterocycles. The van der Waals surface area contributed by atoms with E-state index in [1.165, 1.54) is 96.4 Å². The van der Waals surface area contributed by atoms with Crippen LogP contribution in [0.25, 0.3) is 0 Å². The van der Waals surface area contributed by atoms with Crippen LogP contribution in [-0.2, 0) is 10.4 Å². The average Bonchev–Trinajstić information content (AvgIpc) is 2.45. The van der Waals surface area contributed by atoms with Crippen molar-refractivity contribution >= 4 is 10.4 Å². The summed E-state index contributed by atoms with van der Waals surface area (Å²) in [5.74, 6) is 0. The Balaban J connectivity index is -0.000000772. The molecule has 0 fully saturated rings. The van der Waals surface area contributed by atoms with Crippen molar-refractivity contribution in [2.45, 2.75) is 96.8 Å². The maximum absolute atomic E-state index is 8.52. The average molecular weight is 388 g/mol. The molecule has 0 unspecified atom stereocenters. The number of nitrogens with zero attached hydrogens (tertiary/aromatic N) is 1. The maximum atomic E-state index is 8.52. The van der Waals surface area contributed by atoms with E-state index in [9.17, 15) is 0 Å². The van der Waals surface area contributed by atoms with Crippen molar-refractivity contribution in [3.63, 3.8) is 0 Å². The normalized spacial score (nSPS) is 11.5. The summed E-state index contributed by atoms with van der Waals surface area (Å²) in [6, 6.07) is 0. The fraction of sp³-hybridized carbons (Fsp3) is 1.00. The van der Waals surface area contributed by atoms with E-state index in [0.29, 0.717) is 0 Å². The van der Waals surface area contributed by atoms with Gasteiger partial charge in [-0.05, 0) is 12.8 Å². The first-order valence-corrected chi connectivity index (χ1v) is 11.4. The van der Waals surface area contributed by atoms with E-state index >= 15 is 0 Å². The van der Waals surface area contributed by atoms with Gasteiger partial charge in [-0.25, -0.2) is 0 Å². The monoisotopic (exact) mass is 387 g/mol. The van der Waals surface area contributed by atoms with E-state index in [4.69, 9.17) is 17.5 Å². The van der Waals surface area contributed by atoms with Gasteiger partial charge in [-0.1, -0.05) is 84.0 Å².